The van der Waals surface area contributed by atoms with Crippen molar-refractivity contribution in [2.45, 2.75) is 25.4 Å². The van der Waals surface area contributed by atoms with E-state index >= 15 is 0 Å². The summed E-state index contributed by atoms with van der Waals surface area (Å²) in [6, 6.07) is 10.9. The SMILES string of the molecule is CCOC(=O)C1(Cc2cccc(OC)c2)CC(CNC(=O)c2cccn3ccnc23)=NO1. The maximum absolute atomic E-state index is 12.8. The normalized spacial score (nSPS) is 17.5. The molecule has 1 N–H and O–H groups in total. The van der Waals surface area contributed by atoms with Crippen molar-refractivity contribution >= 4 is 23.2 Å². The summed E-state index contributed by atoms with van der Waals surface area (Å²) in [6.45, 7) is 2.10. The number of aromatic nitrogens is 2. The maximum Gasteiger partial charge on any atom is 0.354 e. The highest BCUT2D eigenvalue weighted by atomic mass is 16.7. The van der Waals surface area contributed by atoms with E-state index in [4.69, 9.17) is 14.3 Å². The fourth-order valence-corrected chi connectivity index (χ4v) is 3.70. The number of carbonyl (C=O) groups excluding carboxylic acids is 2. The number of amides is 1. The van der Waals surface area contributed by atoms with Gasteiger partial charge in [0.05, 0.1) is 31.5 Å². The molecule has 9 heteroatoms. The van der Waals surface area contributed by atoms with Gasteiger partial charge in [-0.15, -0.1) is 0 Å². The Hall–Kier alpha value is -3.88. The van der Waals surface area contributed by atoms with Gasteiger partial charge in [0.1, 0.15) is 11.4 Å². The molecule has 1 unspecified atom stereocenters. The fourth-order valence-electron chi connectivity index (χ4n) is 3.70. The lowest BCUT2D eigenvalue weighted by atomic mass is 9.89. The van der Waals surface area contributed by atoms with E-state index in [9.17, 15) is 9.59 Å². The zero-order valence-electron chi connectivity index (χ0n) is 17.9. The Morgan fingerprint density at radius 1 is 1.25 bits per heavy atom. The largest absolute Gasteiger partial charge is 0.497 e. The minimum atomic E-state index is -1.29. The van der Waals surface area contributed by atoms with Crippen molar-refractivity contribution in [1.29, 1.82) is 0 Å². The molecule has 0 saturated carbocycles. The van der Waals surface area contributed by atoms with E-state index in [1.165, 1.54) is 0 Å². The van der Waals surface area contributed by atoms with Crippen LogP contribution in [0.5, 0.6) is 5.75 Å². The molecule has 0 spiro atoms. The lowest BCUT2D eigenvalue weighted by Crippen LogP contribution is -2.43. The minimum Gasteiger partial charge on any atom is -0.497 e. The summed E-state index contributed by atoms with van der Waals surface area (Å²) >= 11 is 0. The van der Waals surface area contributed by atoms with Crippen LogP contribution in [0.25, 0.3) is 5.65 Å². The van der Waals surface area contributed by atoms with Crippen LogP contribution in [-0.4, -0.2) is 52.8 Å². The second-order valence-electron chi connectivity index (χ2n) is 7.43. The number of oxime groups is 1. The first kappa shape index (κ1) is 21.4. The predicted octanol–water partition coefficient (Wildman–Crippen LogP) is 2.39. The molecule has 1 aliphatic rings. The topological polar surface area (TPSA) is 104 Å². The molecular weight excluding hydrogens is 412 g/mol. The minimum absolute atomic E-state index is 0.139. The molecule has 1 atom stereocenters. The second kappa shape index (κ2) is 9.09. The van der Waals surface area contributed by atoms with Gasteiger partial charge in [-0.05, 0) is 36.8 Å². The number of fused-ring (bicyclic) bond motifs is 1. The zero-order chi connectivity index (χ0) is 22.6. The Morgan fingerprint density at radius 2 is 2.12 bits per heavy atom. The number of esters is 1. The molecule has 2 aromatic heterocycles. The summed E-state index contributed by atoms with van der Waals surface area (Å²) in [4.78, 5) is 35.4. The first-order valence-electron chi connectivity index (χ1n) is 10.3. The first-order chi connectivity index (χ1) is 15.5. The van der Waals surface area contributed by atoms with E-state index in [1.807, 2.05) is 30.5 Å². The Balaban J connectivity index is 1.46. The van der Waals surface area contributed by atoms with E-state index in [0.717, 1.165) is 5.56 Å². The molecule has 9 nitrogen and oxygen atoms in total. The molecule has 0 bridgehead atoms. The monoisotopic (exact) mass is 436 g/mol. The van der Waals surface area contributed by atoms with Crippen LogP contribution in [-0.2, 0) is 20.8 Å². The number of benzene rings is 1. The van der Waals surface area contributed by atoms with Gasteiger partial charge in [0.25, 0.3) is 5.91 Å². The van der Waals surface area contributed by atoms with Gasteiger partial charge in [-0.1, -0.05) is 17.3 Å². The van der Waals surface area contributed by atoms with Gasteiger partial charge >= 0.3 is 5.97 Å². The average molecular weight is 436 g/mol. The summed E-state index contributed by atoms with van der Waals surface area (Å²) in [5, 5.41) is 6.94. The van der Waals surface area contributed by atoms with Crippen LogP contribution in [0.15, 0.2) is 60.1 Å². The van der Waals surface area contributed by atoms with Crippen molar-refractivity contribution < 1.29 is 23.9 Å². The molecule has 32 heavy (non-hydrogen) atoms. The van der Waals surface area contributed by atoms with E-state index < -0.39 is 11.6 Å². The Bertz CT molecular complexity index is 1170. The molecule has 166 valence electrons. The van der Waals surface area contributed by atoms with Crippen LogP contribution < -0.4 is 10.1 Å². The van der Waals surface area contributed by atoms with Gasteiger partial charge in [-0.3, -0.25) is 4.79 Å². The lowest BCUT2D eigenvalue weighted by molar-refractivity contribution is -0.168. The van der Waals surface area contributed by atoms with Crippen molar-refractivity contribution in [3.8, 4) is 5.75 Å². The van der Waals surface area contributed by atoms with Crippen LogP contribution >= 0.6 is 0 Å². The molecule has 3 aromatic rings. The summed E-state index contributed by atoms with van der Waals surface area (Å²) in [5.74, 6) is -0.0953. The van der Waals surface area contributed by atoms with Gasteiger partial charge in [0.2, 0.25) is 5.60 Å². The first-order valence-corrected chi connectivity index (χ1v) is 10.3. The van der Waals surface area contributed by atoms with E-state index in [-0.39, 0.29) is 31.9 Å². The second-order valence-corrected chi connectivity index (χ2v) is 7.43. The number of pyridine rings is 1. The Morgan fingerprint density at radius 3 is 2.94 bits per heavy atom. The number of ether oxygens (including phenoxy) is 2. The quantitative estimate of drug-likeness (QED) is 0.544. The van der Waals surface area contributed by atoms with Crippen LogP contribution in [0.1, 0.15) is 29.3 Å². The number of rotatable bonds is 8. The third kappa shape index (κ3) is 4.27. The lowest BCUT2D eigenvalue weighted by Gasteiger charge is -2.24. The molecule has 3 heterocycles. The molecular formula is C23H24N4O5. The number of hydrogen-bond acceptors (Lipinski definition) is 7. The van der Waals surface area contributed by atoms with E-state index in [0.29, 0.717) is 22.7 Å². The number of methoxy groups -OCH3 is 1. The Labute approximate surface area is 185 Å². The predicted molar refractivity (Wildman–Crippen MR) is 117 cm³/mol. The average Bonchev–Trinajstić information content (AvgIpc) is 3.45. The fraction of sp³-hybridized carbons (Fsp3) is 0.304. The molecule has 1 aliphatic heterocycles. The van der Waals surface area contributed by atoms with Crippen molar-refractivity contribution in [3.05, 3.63) is 66.1 Å². The van der Waals surface area contributed by atoms with Crippen molar-refractivity contribution in [2.24, 2.45) is 5.16 Å². The van der Waals surface area contributed by atoms with Crippen LogP contribution in [0.4, 0.5) is 0 Å². The van der Waals surface area contributed by atoms with Gasteiger partial charge < -0.3 is 24.0 Å². The highest BCUT2D eigenvalue weighted by Gasteiger charge is 2.48. The maximum atomic E-state index is 12.8. The zero-order valence-corrected chi connectivity index (χ0v) is 17.9. The molecule has 0 saturated heterocycles. The number of hydrogen-bond donors (Lipinski definition) is 1. The van der Waals surface area contributed by atoms with Crippen molar-refractivity contribution in [3.63, 3.8) is 0 Å². The third-order valence-corrected chi connectivity index (χ3v) is 5.23. The number of nitrogens with zero attached hydrogens (tertiary/aromatic N) is 3. The van der Waals surface area contributed by atoms with E-state index in [2.05, 4.69) is 15.5 Å². The molecule has 0 radical (unpaired) electrons. The van der Waals surface area contributed by atoms with Gasteiger partial charge in [0, 0.05) is 31.4 Å². The Kier molecular flexibility index (Phi) is 6.07. The summed E-state index contributed by atoms with van der Waals surface area (Å²) in [7, 11) is 1.58. The van der Waals surface area contributed by atoms with Crippen LogP contribution in [0.3, 0.4) is 0 Å². The van der Waals surface area contributed by atoms with Crippen molar-refractivity contribution in [1.82, 2.24) is 14.7 Å². The van der Waals surface area contributed by atoms with Gasteiger partial charge in [-0.2, -0.15) is 0 Å². The van der Waals surface area contributed by atoms with Gasteiger partial charge in [0.15, 0.2) is 0 Å². The third-order valence-electron chi connectivity index (χ3n) is 5.23. The number of carbonyl (C=O) groups is 2. The highest BCUT2D eigenvalue weighted by Crippen LogP contribution is 2.31. The molecule has 0 fully saturated rings. The summed E-state index contributed by atoms with van der Waals surface area (Å²) < 4.78 is 12.3. The smallest absolute Gasteiger partial charge is 0.354 e. The summed E-state index contributed by atoms with van der Waals surface area (Å²) in [5.41, 5.74) is 1.12. The van der Waals surface area contributed by atoms with E-state index in [1.54, 1.807) is 43.0 Å². The number of nitrogens with one attached hydrogen (secondary N) is 1. The van der Waals surface area contributed by atoms with Crippen LogP contribution in [0.2, 0.25) is 0 Å². The molecule has 1 aromatic carbocycles. The standard InChI is InChI=1S/C23H24N4O5/c1-3-31-22(29)23(13-16-6-4-7-18(12-16)30-2)14-17(26-32-23)15-25-21(28)19-8-5-10-27-11-9-24-20(19)27/h4-12H,3,13-15H2,1-2H3,(H,25,28). The highest BCUT2D eigenvalue weighted by molar-refractivity contribution is 6.03. The summed E-state index contributed by atoms with van der Waals surface area (Å²) in [6.07, 6.45) is 5.69. The van der Waals surface area contributed by atoms with Gasteiger partial charge in [-0.25, -0.2) is 9.78 Å². The molecule has 4 rings (SSSR count). The van der Waals surface area contributed by atoms with Crippen molar-refractivity contribution in [2.75, 3.05) is 20.3 Å². The number of imidazole rings is 1. The molecule has 1 amide bonds. The van der Waals surface area contributed by atoms with Crippen LogP contribution in [0, 0.1) is 0 Å². The molecule has 0 aliphatic carbocycles.